The third-order valence-electron chi connectivity index (χ3n) is 3.94. The first-order valence-corrected chi connectivity index (χ1v) is 8.00. The van der Waals surface area contributed by atoms with E-state index in [-0.39, 0.29) is 6.10 Å². The molecule has 0 spiro atoms. The van der Waals surface area contributed by atoms with E-state index in [2.05, 4.69) is 57.3 Å². The van der Waals surface area contributed by atoms with Crippen LogP contribution >= 0.6 is 0 Å². The molecule has 1 atom stereocenters. The Kier molecular flexibility index (Phi) is 5.09. The fourth-order valence-electron chi connectivity index (χ4n) is 3.44. The lowest BCUT2D eigenvalue weighted by Crippen LogP contribution is -2.43. The monoisotopic (exact) mass is 275 g/mol. The zero-order chi connectivity index (χ0) is 14.6. The van der Waals surface area contributed by atoms with Gasteiger partial charge in [-0.05, 0) is 69.7 Å². The Labute approximate surface area is 123 Å². The van der Waals surface area contributed by atoms with Crippen LogP contribution < -0.4 is 10.1 Å². The molecule has 1 N–H and O–H groups in total. The molecule has 0 aromatic heterocycles. The van der Waals surface area contributed by atoms with Crippen molar-refractivity contribution in [2.24, 2.45) is 5.92 Å². The van der Waals surface area contributed by atoms with E-state index >= 15 is 0 Å². The summed E-state index contributed by atoms with van der Waals surface area (Å²) in [7, 11) is 0. The Balaban J connectivity index is 2.10. The minimum atomic E-state index is 0.236. The largest absolute Gasteiger partial charge is 0.491 e. The van der Waals surface area contributed by atoms with Crippen LogP contribution in [0.3, 0.4) is 0 Å². The van der Waals surface area contributed by atoms with Gasteiger partial charge >= 0.3 is 0 Å². The van der Waals surface area contributed by atoms with E-state index in [1.165, 1.54) is 24.8 Å². The van der Waals surface area contributed by atoms with Crippen molar-refractivity contribution in [2.75, 3.05) is 6.54 Å². The molecule has 1 fully saturated rings. The summed E-state index contributed by atoms with van der Waals surface area (Å²) in [6.45, 7) is 9.95. The zero-order valence-electron chi connectivity index (χ0n) is 13.4. The van der Waals surface area contributed by atoms with Gasteiger partial charge in [-0.25, -0.2) is 0 Å². The predicted octanol–water partition coefficient (Wildman–Crippen LogP) is 4.18. The first-order chi connectivity index (χ1) is 9.49. The van der Waals surface area contributed by atoms with Gasteiger partial charge in [0.2, 0.25) is 0 Å². The van der Waals surface area contributed by atoms with Gasteiger partial charge in [-0.3, -0.25) is 0 Å². The van der Waals surface area contributed by atoms with E-state index in [0.29, 0.717) is 5.54 Å². The summed E-state index contributed by atoms with van der Waals surface area (Å²) >= 11 is 0. The van der Waals surface area contributed by atoms with E-state index < -0.39 is 0 Å². The SMILES string of the molecule is CC(C)CC1(Cc2cccc(OC(C)C)c2)CCCN1. The highest BCUT2D eigenvalue weighted by molar-refractivity contribution is 5.30. The third-order valence-corrected chi connectivity index (χ3v) is 3.94. The average Bonchev–Trinajstić information content (AvgIpc) is 2.75. The highest BCUT2D eigenvalue weighted by atomic mass is 16.5. The summed E-state index contributed by atoms with van der Waals surface area (Å²) in [5.74, 6) is 1.73. The standard InChI is InChI=1S/C18H29NO/c1-14(2)12-18(9-6-10-19-18)13-16-7-5-8-17(11-16)20-15(3)4/h5,7-8,11,14-15,19H,6,9-10,12-13H2,1-4H3. The molecule has 0 bridgehead atoms. The van der Waals surface area contributed by atoms with Gasteiger partial charge in [0.15, 0.2) is 0 Å². The van der Waals surface area contributed by atoms with Crippen LogP contribution in [0.4, 0.5) is 0 Å². The Hall–Kier alpha value is -1.02. The van der Waals surface area contributed by atoms with Crippen molar-refractivity contribution in [2.45, 2.75) is 65.0 Å². The van der Waals surface area contributed by atoms with Gasteiger partial charge in [-0.1, -0.05) is 26.0 Å². The fraction of sp³-hybridized carbons (Fsp3) is 0.667. The summed E-state index contributed by atoms with van der Waals surface area (Å²) in [4.78, 5) is 0. The maximum Gasteiger partial charge on any atom is 0.119 e. The van der Waals surface area contributed by atoms with Crippen LogP contribution in [0.1, 0.15) is 52.5 Å². The predicted molar refractivity (Wildman–Crippen MR) is 85.3 cm³/mol. The lowest BCUT2D eigenvalue weighted by Gasteiger charge is -2.32. The van der Waals surface area contributed by atoms with Gasteiger partial charge in [-0.15, -0.1) is 0 Å². The van der Waals surface area contributed by atoms with Crippen molar-refractivity contribution < 1.29 is 4.74 Å². The van der Waals surface area contributed by atoms with Crippen molar-refractivity contribution in [1.29, 1.82) is 0 Å². The van der Waals surface area contributed by atoms with Crippen LogP contribution in [-0.4, -0.2) is 18.2 Å². The van der Waals surface area contributed by atoms with Crippen LogP contribution in [0.2, 0.25) is 0 Å². The second-order valence-electron chi connectivity index (χ2n) is 6.90. The van der Waals surface area contributed by atoms with Gasteiger partial charge in [0.1, 0.15) is 5.75 Å². The van der Waals surface area contributed by atoms with E-state index in [4.69, 9.17) is 4.74 Å². The maximum absolute atomic E-state index is 5.81. The Bertz CT molecular complexity index is 419. The molecule has 2 heteroatoms. The molecule has 1 heterocycles. The molecule has 20 heavy (non-hydrogen) atoms. The number of ether oxygens (including phenoxy) is 1. The highest BCUT2D eigenvalue weighted by Crippen LogP contribution is 2.31. The molecular formula is C18H29NO. The maximum atomic E-state index is 5.81. The molecular weight excluding hydrogens is 246 g/mol. The summed E-state index contributed by atoms with van der Waals surface area (Å²) in [6, 6.07) is 8.61. The molecule has 0 saturated carbocycles. The van der Waals surface area contributed by atoms with Gasteiger partial charge in [-0.2, -0.15) is 0 Å². The summed E-state index contributed by atoms with van der Waals surface area (Å²) in [6.07, 6.45) is 5.19. The van der Waals surface area contributed by atoms with Crippen molar-refractivity contribution in [3.63, 3.8) is 0 Å². The van der Waals surface area contributed by atoms with Crippen LogP contribution in [0.15, 0.2) is 24.3 Å². The summed E-state index contributed by atoms with van der Waals surface area (Å²) < 4.78 is 5.81. The zero-order valence-corrected chi connectivity index (χ0v) is 13.4. The fourth-order valence-corrected chi connectivity index (χ4v) is 3.44. The molecule has 0 radical (unpaired) electrons. The molecule has 1 saturated heterocycles. The smallest absolute Gasteiger partial charge is 0.119 e. The van der Waals surface area contributed by atoms with Gasteiger partial charge in [0.25, 0.3) is 0 Å². The van der Waals surface area contributed by atoms with Crippen molar-refractivity contribution in [1.82, 2.24) is 5.32 Å². The molecule has 1 unspecified atom stereocenters. The van der Waals surface area contributed by atoms with Crippen LogP contribution in [0.25, 0.3) is 0 Å². The molecule has 1 aliphatic heterocycles. The van der Waals surface area contributed by atoms with Gasteiger partial charge in [0.05, 0.1) is 6.10 Å². The minimum Gasteiger partial charge on any atom is -0.491 e. The molecule has 2 nitrogen and oxygen atoms in total. The third kappa shape index (κ3) is 4.24. The van der Waals surface area contributed by atoms with Crippen LogP contribution in [0.5, 0.6) is 5.75 Å². The Morgan fingerprint density at radius 2 is 2.05 bits per heavy atom. The van der Waals surface area contributed by atoms with Crippen molar-refractivity contribution >= 4 is 0 Å². The molecule has 2 rings (SSSR count). The quantitative estimate of drug-likeness (QED) is 0.840. The lowest BCUT2D eigenvalue weighted by molar-refractivity contribution is 0.241. The first-order valence-electron chi connectivity index (χ1n) is 8.00. The summed E-state index contributed by atoms with van der Waals surface area (Å²) in [5, 5.41) is 3.77. The van der Waals surface area contributed by atoms with E-state index in [1.807, 2.05) is 0 Å². The average molecular weight is 275 g/mol. The van der Waals surface area contributed by atoms with Gasteiger partial charge < -0.3 is 10.1 Å². The van der Waals surface area contributed by atoms with Crippen LogP contribution in [0, 0.1) is 5.92 Å². The summed E-state index contributed by atoms with van der Waals surface area (Å²) in [5.41, 5.74) is 1.68. The first kappa shape index (κ1) is 15.4. The number of nitrogens with one attached hydrogen (secondary N) is 1. The number of hydrogen-bond donors (Lipinski definition) is 1. The second kappa shape index (κ2) is 6.62. The molecule has 112 valence electrons. The molecule has 1 aromatic rings. The normalized spacial score (nSPS) is 22.7. The number of benzene rings is 1. The number of hydrogen-bond acceptors (Lipinski definition) is 2. The van der Waals surface area contributed by atoms with Gasteiger partial charge in [0, 0.05) is 5.54 Å². The number of rotatable bonds is 6. The lowest BCUT2D eigenvalue weighted by atomic mass is 9.82. The second-order valence-corrected chi connectivity index (χ2v) is 6.90. The molecule has 0 amide bonds. The minimum absolute atomic E-state index is 0.236. The molecule has 0 aliphatic carbocycles. The van der Waals surface area contributed by atoms with E-state index in [0.717, 1.165) is 24.6 Å². The highest BCUT2D eigenvalue weighted by Gasteiger charge is 2.33. The van der Waals surface area contributed by atoms with Crippen molar-refractivity contribution in [3.05, 3.63) is 29.8 Å². The molecule has 1 aromatic carbocycles. The van der Waals surface area contributed by atoms with Crippen LogP contribution in [-0.2, 0) is 6.42 Å². The van der Waals surface area contributed by atoms with E-state index in [1.54, 1.807) is 0 Å². The molecule has 1 aliphatic rings. The Morgan fingerprint density at radius 1 is 1.25 bits per heavy atom. The topological polar surface area (TPSA) is 21.3 Å². The van der Waals surface area contributed by atoms with E-state index in [9.17, 15) is 0 Å². The van der Waals surface area contributed by atoms with Crippen molar-refractivity contribution in [3.8, 4) is 5.75 Å². The Morgan fingerprint density at radius 3 is 2.65 bits per heavy atom.